The van der Waals surface area contributed by atoms with Crippen LogP contribution in [0.25, 0.3) is 5.57 Å². The van der Waals surface area contributed by atoms with E-state index in [0.29, 0.717) is 30.5 Å². The van der Waals surface area contributed by atoms with Gasteiger partial charge in [0.15, 0.2) is 5.96 Å². The normalized spacial score (nSPS) is 15.0. The van der Waals surface area contributed by atoms with E-state index in [2.05, 4.69) is 22.7 Å². The number of hydrazine groups is 1. The summed E-state index contributed by atoms with van der Waals surface area (Å²) in [6.45, 7) is 14.5. The van der Waals surface area contributed by atoms with Gasteiger partial charge in [0.1, 0.15) is 0 Å². The van der Waals surface area contributed by atoms with Crippen molar-refractivity contribution >= 4 is 34.6 Å². The highest BCUT2D eigenvalue weighted by Gasteiger charge is 2.19. The minimum atomic E-state index is -0.0903. The Hall–Kier alpha value is -3.17. The maximum atomic E-state index is 10.6. The number of hydrogen-bond donors (Lipinski definition) is 4. The third-order valence-corrected chi connectivity index (χ3v) is 6.89. The molecule has 242 valence electrons. The van der Waals surface area contributed by atoms with Crippen molar-refractivity contribution in [1.29, 1.82) is 0 Å². The predicted molar refractivity (Wildman–Crippen MR) is 182 cm³/mol. The largest absolute Gasteiger partial charge is 0.463 e. The molecule has 5 N–H and O–H groups in total. The van der Waals surface area contributed by atoms with Crippen LogP contribution in [0.5, 0.6) is 0 Å². The van der Waals surface area contributed by atoms with Crippen molar-refractivity contribution in [1.82, 2.24) is 5.43 Å². The lowest BCUT2D eigenvalue weighted by atomic mass is 9.84. The number of nitrogens with zero attached hydrogens (tertiary/aromatic N) is 3. The number of nitrogens with two attached hydrogens (primary N) is 1. The summed E-state index contributed by atoms with van der Waals surface area (Å²) in [5, 5.41) is 14.8. The first kappa shape index (κ1) is 37.9. The molecule has 0 amide bonds. The van der Waals surface area contributed by atoms with Gasteiger partial charge >= 0.3 is 5.97 Å². The predicted octanol–water partition coefficient (Wildman–Crippen LogP) is 8.37. The smallest absolute Gasteiger partial charge is 0.306 e. The number of aliphatic imine (C=N–C) groups is 2. The second-order valence-electron chi connectivity index (χ2n) is 11.1. The molecule has 1 aliphatic carbocycles. The quantitative estimate of drug-likeness (QED) is 0.0692. The number of rotatable bonds is 15. The summed E-state index contributed by atoms with van der Waals surface area (Å²) in [5.41, 5.74) is 13.5. The van der Waals surface area contributed by atoms with Crippen LogP contribution in [-0.2, 0) is 9.53 Å². The molecule has 2 rings (SSSR count). The average Bonchev–Trinajstić information content (AvgIpc) is 2.98. The number of unbranched alkanes of at least 4 members (excludes halogenated alkanes) is 1. The van der Waals surface area contributed by atoms with Gasteiger partial charge in [0.05, 0.1) is 11.8 Å². The molecule has 0 bridgehead atoms. The van der Waals surface area contributed by atoms with E-state index in [4.69, 9.17) is 15.5 Å². The van der Waals surface area contributed by atoms with E-state index in [1.165, 1.54) is 50.7 Å². The molecular formula is C34H58N6O3. The van der Waals surface area contributed by atoms with Gasteiger partial charge in [0.2, 0.25) is 0 Å². The van der Waals surface area contributed by atoms with Crippen LogP contribution in [-0.4, -0.2) is 35.5 Å². The van der Waals surface area contributed by atoms with Crippen LogP contribution in [0.3, 0.4) is 0 Å². The second kappa shape index (κ2) is 22.4. The summed E-state index contributed by atoms with van der Waals surface area (Å²) >= 11 is 0. The Bertz CT molecular complexity index is 1060. The van der Waals surface area contributed by atoms with E-state index in [-0.39, 0.29) is 12.1 Å². The summed E-state index contributed by atoms with van der Waals surface area (Å²) in [6, 6.07) is 5.76. The molecular weight excluding hydrogens is 540 g/mol. The molecule has 0 saturated heterocycles. The molecule has 0 unspecified atom stereocenters. The van der Waals surface area contributed by atoms with Crippen LogP contribution in [0.15, 0.2) is 46.7 Å². The van der Waals surface area contributed by atoms with Gasteiger partial charge in [-0.3, -0.25) is 15.0 Å². The fraction of sp³-hybridized carbons (Fsp3) is 0.618. The summed E-state index contributed by atoms with van der Waals surface area (Å²) in [4.78, 5) is 19.8. The van der Waals surface area contributed by atoms with Crippen molar-refractivity contribution < 1.29 is 14.7 Å². The Labute approximate surface area is 260 Å². The molecule has 0 spiro atoms. The number of hydrogen-bond acceptors (Lipinski definition) is 7. The average molecular weight is 599 g/mol. The number of guanidine groups is 1. The number of benzene rings is 1. The van der Waals surface area contributed by atoms with Crippen molar-refractivity contribution in [2.24, 2.45) is 21.6 Å². The zero-order valence-corrected chi connectivity index (χ0v) is 27.8. The van der Waals surface area contributed by atoms with Crippen LogP contribution in [0, 0.1) is 5.92 Å². The summed E-state index contributed by atoms with van der Waals surface area (Å²) in [5.74, 6) is 0.810. The van der Waals surface area contributed by atoms with E-state index in [1.807, 2.05) is 72.0 Å². The zero-order chi connectivity index (χ0) is 32.0. The van der Waals surface area contributed by atoms with Crippen LogP contribution in [0.4, 0.5) is 11.4 Å². The first-order valence-corrected chi connectivity index (χ1v) is 16.2. The van der Waals surface area contributed by atoms with Crippen LogP contribution < -0.4 is 21.6 Å². The third kappa shape index (κ3) is 15.7. The molecule has 1 saturated carbocycles. The molecule has 1 aromatic rings. The number of ether oxygens (including phenoxy) is 1. The Kier molecular flexibility index (Phi) is 19.7. The molecule has 0 atom stereocenters. The molecule has 0 aromatic heterocycles. The lowest BCUT2D eigenvalue weighted by Crippen LogP contribution is -2.35. The summed E-state index contributed by atoms with van der Waals surface area (Å²) in [7, 11) is 0. The molecule has 9 heteroatoms. The first-order valence-electron chi connectivity index (χ1n) is 16.2. The molecule has 43 heavy (non-hydrogen) atoms. The highest BCUT2D eigenvalue weighted by atomic mass is 16.5. The SMILES string of the molecule is CC/C=C/N=C(N)Nc1ccc(/C(C)=C/N=C(CCCC)C2CCCCC2)c(N(O)NCC)c1.CCCC(=O)OC(C)C. The topological polar surface area (TPSA) is 125 Å². The van der Waals surface area contributed by atoms with Crippen molar-refractivity contribution in [2.45, 2.75) is 125 Å². The molecule has 1 aromatic carbocycles. The molecule has 9 nitrogen and oxygen atoms in total. The molecule has 1 aliphatic rings. The van der Waals surface area contributed by atoms with Crippen molar-refractivity contribution in [3.05, 3.63) is 42.2 Å². The van der Waals surface area contributed by atoms with Gasteiger partial charge in [-0.05, 0) is 82.9 Å². The standard InChI is InChI=1S/C27H44N6O.C7H14O2/c1-5-8-15-25(22-13-11-10-12-14-22)30-20-21(4)24-17-16-23(19-26(24)33(34)31-7-3)32-27(28)29-18-9-6-2;1-4-5-7(8)9-6(2)3/h9,16-20,22,31,34H,5-8,10-15H2,1-4H3,(H3,28,29,32);6H,4-5H2,1-3H3/b18-9+,21-20+,30-25?;. The monoisotopic (exact) mass is 598 g/mol. The van der Waals surface area contributed by atoms with E-state index in [9.17, 15) is 10.0 Å². The number of carbonyl (C=O) groups excluding carboxylic acids is 1. The van der Waals surface area contributed by atoms with Gasteiger partial charge < -0.3 is 15.8 Å². The Morgan fingerprint density at radius 2 is 1.84 bits per heavy atom. The zero-order valence-electron chi connectivity index (χ0n) is 27.8. The fourth-order valence-electron chi connectivity index (χ4n) is 4.71. The van der Waals surface area contributed by atoms with Crippen molar-refractivity contribution in [3.8, 4) is 0 Å². The van der Waals surface area contributed by atoms with E-state index >= 15 is 0 Å². The van der Waals surface area contributed by atoms with Crippen LogP contribution in [0.2, 0.25) is 0 Å². The number of esters is 1. The highest BCUT2D eigenvalue weighted by Crippen LogP contribution is 2.30. The first-order chi connectivity index (χ1) is 20.7. The lowest BCUT2D eigenvalue weighted by molar-refractivity contribution is -0.147. The number of allylic oxidation sites excluding steroid dienone is 2. The third-order valence-electron chi connectivity index (χ3n) is 6.89. The van der Waals surface area contributed by atoms with E-state index in [1.54, 1.807) is 6.20 Å². The molecule has 1 fully saturated rings. The van der Waals surface area contributed by atoms with Crippen molar-refractivity contribution in [2.75, 3.05) is 17.0 Å². The Morgan fingerprint density at radius 3 is 2.44 bits per heavy atom. The van der Waals surface area contributed by atoms with Gasteiger partial charge in [0, 0.05) is 42.3 Å². The van der Waals surface area contributed by atoms with Gasteiger partial charge in [-0.1, -0.05) is 65.5 Å². The highest BCUT2D eigenvalue weighted by molar-refractivity contribution is 5.94. The Balaban J connectivity index is 0.000000887. The minimum absolute atomic E-state index is 0.0315. The van der Waals surface area contributed by atoms with E-state index in [0.717, 1.165) is 41.3 Å². The number of nitrogens with one attached hydrogen (secondary N) is 2. The van der Waals surface area contributed by atoms with E-state index < -0.39 is 0 Å². The maximum absolute atomic E-state index is 10.6. The van der Waals surface area contributed by atoms with Gasteiger partial charge in [-0.15, -0.1) is 0 Å². The second-order valence-corrected chi connectivity index (χ2v) is 11.1. The Morgan fingerprint density at radius 1 is 1.12 bits per heavy atom. The van der Waals surface area contributed by atoms with Crippen LogP contribution >= 0.6 is 0 Å². The summed E-state index contributed by atoms with van der Waals surface area (Å²) < 4.78 is 4.85. The molecule has 0 heterocycles. The van der Waals surface area contributed by atoms with Crippen molar-refractivity contribution in [3.63, 3.8) is 0 Å². The summed E-state index contributed by atoms with van der Waals surface area (Å²) in [6.07, 6.45) is 17.8. The minimum Gasteiger partial charge on any atom is -0.463 e. The fourth-order valence-corrected chi connectivity index (χ4v) is 4.71. The van der Waals surface area contributed by atoms with Gasteiger partial charge in [-0.25, -0.2) is 10.4 Å². The molecule has 0 aliphatic heterocycles. The lowest BCUT2D eigenvalue weighted by Gasteiger charge is -2.23. The number of carbonyl (C=O) groups is 1. The molecule has 0 radical (unpaired) electrons. The maximum Gasteiger partial charge on any atom is 0.306 e. The number of anilines is 2. The van der Waals surface area contributed by atoms with Gasteiger partial charge in [0.25, 0.3) is 0 Å². The van der Waals surface area contributed by atoms with Gasteiger partial charge in [-0.2, -0.15) is 5.17 Å². The van der Waals surface area contributed by atoms with Crippen LogP contribution in [0.1, 0.15) is 125 Å².